The van der Waals surface area contributed by atoms with Crippen LogP contribution in [0.1, 0.15) is 31.9 Å². The molecule has 1 aliphatic rings. The van der Waals surface area contributed by atoms with Crippen LogP contribution >= 0.6 is 0 Å². The third kappa shape index (κ3) is 4.04. The molecule has 0 radical (unpaired) electrons. The van der Waals surface area contributed by atoms with Gasteiger partial charge in [0, 0.05) is 5.69 Å². The van der Waals surface area contributed by atoms with Crippen LogP contribution in [0, 0.1) is 11.6 Å². The molecule has 0 saturated heterocycles. The summed E-state index contributed by atoms with van der Waals surface area (Å²) in [6, 6.07) is 18.1. The SMILES string of the molecule is CC(C)(C)c1ccc(N2C(=O)C(Nc3cccc(F)c3)=C(c3ccc(F)cc3)C2=O)cc1. The molecule has 4 rings (SSSR count). The molecule has 0 atom stereocenters. The lowest BCUT2D eigenvalue weighted by atomic mass is 9.87. The van der Waals surface area contributed by atoms with Crippen LogP contribution in [0.3, 0.4) is 0 Å². The van der Waals surface area contributed by atoms with Crippen LogP contribution in [0.15, 0.2) is 78.5 Å². The minimum atomic E-state index is -0.568. The average Bonchev–Trinajstić information content (AvgIpc) is 2.98. The fraction of sp³-hybridized carbons (Fsp3) is 0.154. The molecule has 2 amide bonds. The summed E-state index contributed by atoms with van der Waals surface area (Å²) in [5.74, 6) is -2.04. The zero-order chi connectivity index (χ0) is 23.0. The summed E-state index contributed by atoms with van der Waals surface area (Å²) < 4.78 is 27.2. The van der Waals surface area contributed by atoms with Crippen molar-refractivity contribution in [3.63, 3.8) is 0 Å². The van der Waals surface area contributed by atoms with Crippen molar-refractivity contribution < 1.29 is 18.4 Å². The molecule has 162 valence electrons. The fourth-order valence-electron chi connectivity index (χ4n) is 3.59. The topological polar surface area (TPSA) is 49.4 Å². The van der Waals surface area contributed by atoms with E-state index < -0.39 is 23.4 Å². The van der Waals surface area contributed by atoms with Crippen molar-refractivity contribution in [2.45, 2.75) is 26.2 Å². The maximum atomic E-state index is 13.7. The Hall–Kier alpha value is -3.80. The molecule has 0 aliphatic carbocycles. The number of halogens is 2. The number of benzene rings is 3. The quantitative estimate of drug-likeness (QED) is 0.542. The van der Waals surface area contributed by atoms with Gasteiger partial charge >= 0.3 is 0 Å². The molecule has 32 heavy (non-hydrogen) atoms. The highest BCUT2D eigenvalue weighted by Gasteiger charge is 2.40. The maximum Gasteiger partial charge on any atom is 0.282 e. The minimum Gasteiger partial charge on any atom is -0.350 e. The standard InChI is InChI=1S/C26H22F2N2O2/c1-26(2,3)17-9-13-21(14-10-17)30-24(31)22(16-7-11-18(27)12-8-16)23(25(30)32)29-20-6-4-5-19(28)15-20/h4-15,29H,1-3H3. The van der Waals surface area contributed by atoms with E-state index in [1.54, 1.807) is 18.2 Å². The summed E-state index contributed by atoms with van der Waals surface area (Å²) in [6.45, 7) is 6.22. The van der Waals surface area contributed by atoms with Gasteiger partial charge in [0.05, 0.1) is 11.3 Å². The van der Waals surface area contributed by atoms with Gasteiger partial charge in [0.15, 0.2) is 0 Å². The molecule has 0 fully saturated rings. The first-order valence-electron chi connectivity index (χ1n) is 10.2. The Balaban J connectivity index is 1.78. The highest BCUT2D eigenvalue weighted by Crippen LogP contribution is 2.35. The Kier molecular flexibility index (Phi) is 5.38. The van der Waals surface area contributed by atoms with Crippen LogP contribution in [-0.4, -0.2) is 11.8 Å². The van der Waals surface area contributed by atoms with Crippen molar-refractivity contribution in [2.24, 2.45) is 0 Å². The van der Waals surface area contributed by atoms with Gasteiger partial charge in [0.2, 0.25) is 0 Å². The summed E-state index contributed by atoms with van der Waals surface area (Å²) >= 11 is 0. The Bertz CT molecular complexity index is 1220. The Morgan fingerprint density at radius 1 is 0.781 bits per heavy atom. The summed E-state index contributed by atoms with van der Waals surface area (Å²) in [4.78, 5) is 27.8. The van der Waals surface area contributed by atoms with E-state index >= 15 is 0 Å². The molecule has 1 N–H and O–H groups in total. The Morgan fingerprint density at radius 3 is 2.03 bits per heavy atom. The predicted molar refractivity (Wildman–Crippen MR) is 121 cm³/mol. The number of nitrogens with one attached hydrogen (secondary N) is 1. The molecular weight excluding hydrogens is 410 g/mol. The number of nitrogens with zero attached hydrogens (tertiary/aromatic N) is 1. The molecule has 3 aromatic rings. The maximum absolute atomic E-state index is 13.7. The van der Waals surface area contributed by atoms with Crippen LogP contribution in [-0.2, 0) is 15.0 Å². The van der Waals surface area contributed by atoms with Gasteiger partial charge in [-0.05, 0) is 59.0 Å². The number of carbonyl (C=O) groups is 2. The zero-order valence-electron chi connectivity index (χ0n) is 17.9. The van der Waals surface area contributed by atoms with Gasteiger partial charge in [-0.15, -0.1) is 0 Å². The number of amides is 2. The van der Waals surface area contributed by atoms with Gasteiger partial charge in [-0.3, -0.25) is 9.59 Å². The number of imide groups is 1. The van der Waals surface area contributed by atoms with Gasteiger partial charge in [0.1, 0.15) is 17.3 Å². The van der Waals surface area contributed by atoms with Gasteiger partial charge < -0.3 is 5.32 Å². The normalized spacial score (nSPS) is 14.3. The minimum absolute atomic E-state index is 0.00658. The summed E-state index contributed by atoms with van der Waals surface area (Å²) in [5, 5.41) is 2.89. The molecule has 6 heteroatoms. The second-order valence-electron chi connectivity index (χ2n) is 8.63. The Morgan fingerprint density at radius 2 is 1.44 bits per heavy atom. The third-order valence-corrected chi connectivity index (χ3v) is 5.30. The van der Waals surface area contributed by atoms with Gasteiger partial charge in [-0.1, -0.05) is 51.1 Å². The first-order valence-corrected chi connectivity index (χ1v) is 10.2. The molecule has 0 bridgehead atoms. The summed E-state index contributed by atoms with van der Waals surface area (Å²) in [6.07, 6.45) is 0. The number of rotatable bonds is 4. The Labute approximate surface area is 185 Å². The van der Waals surface area contributed by atoms with Crippen molar-refractivity contribution in [2.75, 3.05) is 10.2 Å². The monoisotopic (exact) mass is 432 g/mol. The van der Waals surface area contributed by atoms with Crippen LogP contribution in [0.25, 0.3) is 5.57 Å². The molecule has 1 aliphatic heterocycles. The first kappa shape index (κ1) is 21.4. The lowest BCUT2D eigenvalue weighted by Crippen LogP contribution is -2.32. The predicted octanol–water partition coefficient (Wildman–Crippen LogP) is 5.66. The molecule has 0 unspecified atom stereocenters. The van der Waals surface area contributed by atoms with E-state index in [1.165, 1.54) is 42.5 Å². The lowest BCUT2D eigenvalue weighted by molar-refractivity contribution is -0.120. The molecule has 4 nitrogen and oxygen atoms in total. The van der Waals surface area contributed by atoms with E-state index in [4.69, 9.17) is 0 Å². The largest absolute Gasteiger partial charge is 0.350 e. The van der Waals surface area contributed by atoms with Crippen LogP contribution in [0.2, 0.25) is 0 Å². The molecular formula is C26H22F2N2O2. The van der Waals surface area contributed by atoms with Gasteiger partial charge in [-0.25, -0.2) is 13.7 Å². The lowest BCUT2D eigenvalue weighted by Gasteiger charge is -2.21. The number of carbonyl (C=O) groups excluding carboxylic acids is 2. The summed E-state index contributed by atoms with van der Waals surface area (Å²) in [7, 11) is 0. The highest BCUT2D eigenvalue weighted by atomic mass is 19.1. The highest BCUT2D eigenvalue weighted by molar-refractivity contribution is 6.46. The van der Waals surface area contributed by atoms with Crippen molar-refractivity contribution >= 4 is 28.8 Å². The van der Waals surface area contributed by atoms with Crippen molar-refractivity contribution in [1.29, 1.82) is 0 Å². The third-order valence-electron chi connectivity index (χ3n) is 5.30. The van der Waals surface area contributed by atoms with Crippen molar-refractivity contribution in [1.82, 2.24) is 0 Å². The van der Waals surface area contributed by atoms with Crippen LogP contribution in [0.4, 0.5) is 20.2 Å². The molecule has 0 saturated carbocycles. The van der Waals surface area contributed by atoms with Crippen molar-refractivity contribution in [3.8, 4) is 0 Å². The second-order valence-corrected chi connectivity index (χ2v) is 8.63. The molecule has 0 aromatic heterocycles. The van der Waals surface area contributed by atoms with E-state index in [0.29, 0.717) is 16.9 Å². The zero-order valence-corrected chi connectivity index (χ0v) is 17.9. The fourth-order valence-corrected chi connectivity index (χ4v) is 3.59. The average molecular weight is 432 g/mol. The van der Waals surface area contributed by atoms with E-state index in [-0.39, 0.29) is 16.7 Å². The van der Waals surface area contributed by atoms with E-state index in [2.05, 4.69) is 26.1 Å². The smallest absolute Gasteiger partial charge is 0.282 e. The van der Waals surface area contributed by atoms with E-state index in [1.807, 2.05) is 12.1 Å². The van der Waals surface area contributed by atoms with E-state index in [9.17, 15) is 18.4 Å². The van der Waals surface area contributed by atoms with Gasteiger partial charge in [-0.2, -0.15) is 0 Å². The second kappa shape index (κ2) is 8.04. The van der Waals surface area contributed by atoms with Crippen LogP contribution in [0.5, 0.6) is 0 Å². The molecule has 0 spiro atoms. The number of hydrogen-bond donors (Lipinski definition) is 1. The number of hydrogen-bond acceptors (Lipinski definition) is 3. The van der Waals surface area contributed by atoms with Crippen molar-refractivity contribution in [3.05, 3.63) is 101 Å². The molecule has 1 heterocycles. The molecule has 3 aromatic carbocycles. The summed E-state index contributed by atoms with van der Waals surface area (Å²) in [5.41, 5.74) is 2.21. The van der Waals surface area contributed by atoms with Crippen LogP contribution < -0.4 is 10.2 Å². The van der Waals surface area contributed by atoms with E-state index in [0.717, 1.165) is 10.5 Å². The number of anilines is 2. The first-order chi connectivity index (χ1) is 15.1. The van der Waals surface area contributed by atoms with Gasteiger partial charge in [0.25, 0.3) is 11.8 Å².